The molecular weight excluding hydrogens is 507 g/mol. The molecule has 0 aliphatic carbocycles. The van der Waals surface area contributed by atoms with Crippen LogP contribution in [0.1, 0.15) is 21.4 Å². The van der Waals surface area contributed by atoms with Crippen LogP contribution in [0.25, 0.3) is 11.3 Å². The van der Waals surface area contributed by atoms with Crippen LogP contribution in [-0.4, -0.2) is 93.2 Å². The lowest BCUT2D eigenvalue weighted by atomic mass is 9.98. The second-order valence-corrected chi connectivity index (χ2v) is 9.46. The van der Waals surface area contributed by atoms with Crippen molar-refractivity contribution in [1.29, 1.82) is 5.41 Å². The number of halogens is 3. The summed E-state index contributed by atoms with van der Waals surface area (Å²) in [5.74, 6) is 0.124. The average Bonchev–Trinajstić information content (AvgIpc) is 3.22. The van der Waals surface area contributed by atoms with E-state index >= 15 is 0 Å². The number of nitrogens with one attached hydrogen (secondary N) is 1. The first kappa shape index (κ1) is 26.9. The van der Waals surface area contributed by atoms with E-state index in [1.54, 1.807) is 6.21 Å². The van der Waals surface area contributed by atoms with Gasteiger partial charge in [-0.15, -0.1) is 11.3 Å². The molecule has 1 aromatic carbocycles. The Kier molecular flexibility index (Phi) is 9.00. The lowest BCUT2D eigenvalue weighted by Crippen LogP contribution is -2.37. The molecule has 4 rings (SSSR count). The first-order valence-corrected chi connectivity index (χ1v) is 12.6. The van der Waals surface area contributed by atoms with Crippen LogP contribution < -0.4 is 10.5 Å². The molecule has 198 valence electrons. The molecule has 0 bridgehead atoms. The molecule has 0 spiro atoms. The highest BCUT2D eigenvalue weighted by Crippen LogP contribution is 2.39. The number of amidine groups is 1. The van der Waals surface area contributed by atoms with Crippen molar-refractivity contribution in [1.82, 2.24) is 9.88 Å². The fraction of sp³-hybridized carbons (Fsp3) is 0.458. The number of thiazole rings is 1. The van der Waals surface area contributed by atoms with Gasteiger partial charge in [-0.2, -0.15) is 13.2 Å². The summed E-state index contributed by atoms with van der Waals surface area (Å²) in [6, 6.07) is 5.61. The molecule has 1 saturated heterocycles. The summed E-state index contributed by atoms with van der Waals surface area (Å²) in [6.07, 6.45) is 0.0829. The van der Waals surface area contributed by atoms with E-state index in [4.69, 9.17) is 20.6 Å². The SMILES string of the molecule is N=CC(C=NCCN1CCOCC1)c1ccc2c(c1)OCCc1sc(C(N=CN)=NCC(F)(F)F)nc1-2. The maximum atomic E-state index is 12.7. The van der Waals surface area contributed by atoms with Crippen LogP contribution in [0.3, 0.4) is 0 Å². The number of alkyl halides is 3. The van der Waals surface area contributed by atoms with Gasteiger partial charge in [-0.05, 0) is 17.7 Å². The summed E-state index contributed by atoms with van der Waals surface area (Å²) < 4.78 is 49.5. The number of rotatable bonds is 8. The van der Waals surface area contributed by atoms with E-state index in [-0.39, 0.29) is 16.8 Å². The van der Waals surface area contributed by atoms with Crippen LogP contribution >= 0.6 is 11.3 Å². The minimum absolute atomic E-state index is 0.158. The van der Waals surface area contributed by atoms with Crippen molar-refractivity contribution in [2.45, 2.75) is 18.5 Å². The van der Waals surface area contributed by atoms with E-state index in [1.807, 2.05) is 18.2 Å². The van der Waals surface area contributed by atoms with Crippen molar-refractivity contribution >= 4 is 35.9 Å². The largest absolute Gasteiger partial charge is 0.492 e. The minimum atomic E-state index is -4.46. The average molecular weight is 536 g/mol. The summed E-state index contributed by atoms with van der Waals surface area (Å²) in [7, 11) is 0. The molecule has 1 fully saturated rings. The highest BCUT2D eigenvalue weighted by atomic mass is 32.1. The number of aromatic nitrogens is 1. The van der Waals surface area contributed by atoms with Crippen LogP contribution in [0.2, 0.25) is 0 Å². The van der Waals surface area contributed by atoms with Gasteiger partial charge in [0.05, 0.1) is 44.3 Å². The van der Waals surface area contributed by atoms with Crippen molar-refractivity contribution in [3.05, 3.63) is 33.6 Å². The van der Waals surface area contributed by atoms with Crippen LogP contribution in [0.15, 0.2) is 33.2 Å². The van der Waals surface area contributed by atoms with Crippen molar-refractivity contribution in [2.75, 3.05) is 52.5 Å². The van der Waals surface area contributed by atoms with E-state index in [1.165, 1.54) is 17.6 Å². The molecule has 9 nitrogen and oxygen atoms in total. The normalized spacial score (nSPS) is 17.9. The number of fused-ring (bicyclic) bond motifs is 3. The molecule has 1 aromatic heterocycles. The zero-order valence-electron chi connectivity index (χ0n) is 20.1. The second kappa shape index (κ2) is 12.4. The lowest BCUT2D eigenvalue weighted by Gasteiger charge is -2.25. The molecule has 37 heavy (non-hydrogen) atoms. The fourth-order valence-electron chi connectivity index (χ4n) is 3.98. The number of hydrogen-bond acceptors (Lipinski definition) is 8. The van der Waals surface area contributed by atoms with E-state index in [9.17, 15) is 13.2 Å². The first-order chi connectivity index (χ1) is 17.9. The Morgan fingerprint density at radius 2 is 2.08 bits per heavy atom. The zero-order valence-corrected chi connectivity index (χ0v) is 20.9. The number of benzene rings is 1. The van der Waals surface area contributed by atoms with Gasteiger partial charge in [-0.1, -0.05) is 6.07 Å². The Bertz CT molecular complexity index is 1170. The van der Waals surface area contributed by atoms with Crippen LogP contribution in [0, 0.1) is 5.41 Å². The van der Waals surface area contributed by atoms with Gasteiger partial charge in [-0.3, -0.25) is 14.9 Å². The topological polar surface area (TPSA) is 122 Å². The highest BCUT2D eigenvalue weighted by Gasteiger charge is 2.28. The van der Waals surface area contributed by atoms with Gasteiger partial charge in [0.1, 0.15) is 12.3 Å². The number of morpholine rings is 1. The maximum absolute atomic E-state index is 12.7. The Labute approximate surface area is 216 Å². The Balaban J connectivity index is 1.53. The van der Waals surface area contributed by atoms with Gasteiger partial charge >= 0.3 is 6.18 Å². The summed E-state index contributed by atoms with van der Waals surface area (Å²) in [6.45, 7) is 3.78. The number of aliphatic imine (C=N–C) groups is 3. The summed E-state index contributed by atoms with van der Waals surface area (Å²) >= 11 is 1.22. The molecule has 0 amide bonds. The van der Waals surface area contributed by atoms with Gasteiger partial charge in [-0.25, -0.2) is 9.98 Å². The predicted molar refractivity (Wildman–Crippen MR) is 139 cm³/mol. The molecule has 2 aliphatic rings. The van der Waals surface area contributed by atoms with E-state index < -0.39 is 12.7 Å². The third kappa shape index (κ3) is 7.21. The van der Waals surface area contributed by atoms with Crippen LogP contribution in [0.5, 0.6) is 5.75 Å². The predicted octanol–water partition coefficient (Wildman–Crippen LogP) is 3.18. The molecule has 1 atom stereocenters. The molecule has 13 heteroatoms. The third-order valence-corrected chi connectivity index (χ3v) is 6.93. The molecule has 2 aromatic rings. The van der Waals surface area contributed by atoms with Crippen molar-refractivity contribution in [3.63, 3.8) is 0 Å². The molecular formula is C24H28F3N7O2S. The fourth-order valence-corrected chi connectivity index (χ4v) is 4.99. The van der Waals surface area contributed by atoms with Gasteiger partial charge in [0.25, 0.3) is 0 Å². The van der Waals surface area contributed by atoms with Gasteiger partial charge in [0.2, 0.25) is 0 Å². The first-order valence-electron chi connectivity index (χ1n) is 11.8. The monoisotopic (exact) mass is 535 g/mol. The molecule has 3 heterocycles. The number of ether oxygens (including phenoxy) is 2. The van der Waals surface area contributed by atoms with E-state index in [0.29, 0.717) is 31.0 Å². The molecule has 3 N–H and O–H groups in total. The zero-order chi connectivity index (χ0) is 26.3. The molecule has 1 unspecified atom stereocenters. The van der Waals surface area contributed by atoms with Gasteiger partial charge < -0.3 is 20.6 Å². The summed E-state index contributed by atoms with van der Waals surface area (Å²) in [5.41, 5.74) is 7.53. The number of nitrogens with zero attached hydrogens (tertiary/aromatic N) is 5. The van der Waals surface area contributed by atoms with Crippen molar-refractivity contribution in [3.8, 4) is 17.0 Å². The second-order valence-electron chi connectivity index (χ2n) is 8.38. The number of hydrogen-bond donors (Lipinski definition) is 2. The minimum Gasteiger partial charge on any atom is -0.492 e. The van der Waals surface area contributed by atoms with Crippen molar-refractivity contribution in [2.24, 2.45) is 20.7 Å². The Morgan fingerprint density at radius 3 is 2.81 bits per heavy atom. The van der Waals surface area contributed by atoms with Crippen LogP contribution in [0.4, 0.5) is 13.2 Å². The molecule has 0 saturated carbocycles. The highest BCUT2D eigenvalue weighted by molar-refractivity contribution is 7.14. The molecule has 2 aliphatic heterocycles. The van der Waals surface area contributed by atoms with Gasteiger partial charge in [0.15, 0.2) is 10.8 Å². The van der Waals surface area contributed by atoms with E-state index in [2.05, 4.69) is 24.9 Å². The summed E-state index contributed by atoms with van der Waals surface area (Å²) in [5, 5.41) is 8.15. The van der Waals surface area contributed by atoms with Gasteiger partial charge in [0, 0.05) is 48.9 Å². The Morgan fingerprint density at radius 1 is 1.27 bits per heavy atom. The third-order valence-electron chi connectivity index (χ3n) is 5.82. The quantitative estimate of drug-likeness (QED) is 0.397. The molecule has 0 radical (unpaired) electrons. The number of nitrogens with two attached hydrogens (primary N) is 1. The standard InChI is InChI=1S/C24H28F3N7O2S/c25-24(26,27)14-31-22(32-15-29)23-33-21-18-2-1-16(11-19(18)36-8-3-20(21)37-23)17(12-28)13-30-4-5-34-6-9-35-10-7-34/h1-2,11-13,15,17,28H,3-10,14H2,(H2,29,31,32). The Hall–Kier alpha value is -3.16. The maximum Gasteiger partial charge on any atom is 0.408 e. The van der Waals surface area contributed by atoms with E-state index in [0.717, 1.165) is 55.2 Å². The lowest BCUT2D eigenvalue weighted by molar-refractivity contribution is -0.118. The van der Waals surface area contributed by atoms with Crippen LogP contribution in [-0.2, 0) is 11.2 Å². The smallest absolute Gasteiger partial charge is 0.408 e. The van der Waals surface area contributed by atoms with Crippen molar-refractivity contribution < 1.29 is 22.6 Å². The summed E-state index contributed by atoms with van der Waals surface area (Å²) in [4.78, 5) is 19.6.